The molecule has 0 spiro atoms. The Kier molecular flexibility index (Phi) is 7.06. The molecule has 0 aromatic carbocycles. The molecule has 18 heavy (non-hydrogen) atoms. The fourth-order valence-corrected chi connectivity index (χ4v) is 1.92. The fourth-order valence-electron chi connectivity index (χ4n) is 1.76. The van der Waals surface area contributed by atoms with E-state index in [9.17, 15) is 0 Å². The Labute approximate surface area is 114 Å². The van der Waals surface area contributed by atoms with Crippen molar-refractivity contribution in [2.24, 2.45) is 5.92 Å². The summed E-state index contributed by atoms with van der Waals surface area (Å²) in [5, 5.41) is 9.59. The lowest BCUT2D eigenvalue weighted by Gasteiger charge is -2.15. The number of pyridine rings is 1. The standard InChI is InChI=1S/C14H22ClNO2/c1-3-5-6-11(4-2)10-18-14-7-12(9-17)13(15)8-16-14/h7-8,11,17H,3-6,9-10H2,1-2H3. The molecule has 102 valence electrons. The first-order valence-electron chi connectivity index (χ1n) is 6.59. The van der Waals surface area contributed by atoms with Crippen LogP contribution < -0.4 is 4.74 Å². The average molecular weight is 272 g/mol. The molecule has 1 heterocycles. The molecule has 0 saturated carbocycles. The van der Waals surface area contributed by atoms with E-state index in [0.717, 1.165) is 6.42 Å². The Morgan fingerprint density at radius 3 is 2.83 bits per heavy atom. The highest BCUT2D eigenvalue weighted by molar-refractivity contribution is 6.31. The van der Waals surface area contributed by atoms with Crippen LogP contribution >= 0.6 is 11.6 Å². The number of hydrogen-bond acceptors (Lipinski definition) is 3. The van der Waals surface area contributed by atoms with Gasteiger partial charge in [-0.05, 0) is 12.3 Å². The molecule has 0 fully saturated rings. The van der Waals surface area contributed by atoms with Gasteiger partial charge in [-0.15, -0.1) is 0 Å². The van der Waals surface area contributed by atoms with E-state index in [1.807, 2.05) is 0 Å². The first-order valence-corrected chi connectivity index (χ1v) is 6.97. The lowest BCUT2D eigenvalue weighted by Crippen LogP contribution is -2.12. The number of hydrogen-bond donors (Lipinski definition) is 1. The van der Waals surface area contributed by atoms with Crippen molar-refractivity contribution in [2.75, 3.05) is 6.61 Å². The van der Waals surface area contributed by atoms with E-state index in [1.165, 1.54) is 25.5 Å². The van der Waals surface area contributed by atoms with Crippen LogP contribution in [0.15, 0.2) is 12.3 Å². The molecule has 3 nitrogen and oxygen atoms in total. The third kappa shape index (κ3) is 4.83. The Balaban J connectivity index is 2.51. The minimum absolute atomic E-state index is 0.0925. The van der Waals surface area contributed by atoms with Crippen molar-refractivity contribution < 1.29 is 9.84 Å². The van der Waals surface area contributed by atoms with Crippen LogP contribution in [-0.4, -0.2) is 16.7 Å². The fraction of sp³-hybridized carbons (Fsp3) is 0.643. The second-order valence-corrected chi connectivity index (χ2v) is 4.91. The normalized spacial score (nSPS) is 12.4. The molecule has 1 rings (SSSR count). The summed E-state index contributed by atoms with van der Waals surface area (Å²) in [4.78, 5) is 4.11. The number of nitrogens with zero attached hydrogens (tertiary/aromatic N) is 1. The van der Waals surface area contributed by atoms with Crippen molar-refractivity contribution in [1.82, 2.24) is 4.98 Å². The second kappa shape index (κ2) is 8.33. The maximum Gasteiger partial charge on any atom is 0.213 e. The summed E-state index contributed by atoms with van der Waals surface area (Å²) >= 11 is 5.88. The summed E-state index contributed by atoms with van der Waals surface area (Å²) in [7, 11) is 0. The van der Waals surface area contributed by atoms with Gasteiger partial charge in [0.05, 0.1) is 18.2 Å². The summed E-state index contributed by atoms with van der Waals surface area (Å²) in [5.74, 6) is 1.11. The molecule has 1 atom stereocenters. The highest BCUT2D eigenvalue weighted by Crippen LogP contribution is 2.20. The highest BCUT2D eigenvalue weighted by atomic mass is 35.5. The molecule has 1 aromatic rings. The zero-order chi connectivity index (χ0) is 13.4. The number of aliphatic hydroxyl groups excluding tert-OH is 1. The van der Waals surface area contributed by atoms with Crippen molar-refractivity contribution in [1.29, 1.82) is 0 Å². The van der Waals surface area contributed by atoms with Gasteiger partial charge >= 0.3 is 0 Å². The van der Waals surface area contributed by atoms with Crippen molar-refractivity contribution in [3.05, 3.63) is 22.8 Å². The number of aromatic nitrogens is 1. The van der Waals surface area contributed by atoms with Crippen LogP contribution in [0.25, 0.3) is 0 Å². The second-order valence-electron chi connectivity index (χ2n) is 4.50. The molecule has 1 aromatic heterocycles. The van der Waals surface area contributed by atoms with Crippen LogP contribution in [-0.2, 0) is 6.61 Å². The maximum absolute atomic E-state index is 9.11. The quantitative estimate of drug-likeness (QED) is 0.781. The minimum Gasteiger partial charge on any atom is -0.477 e. The Morgan fingerprint density at radius 1 is 1.44 bits per heavy atom. The third-order valence-corrected chi connectivity index (χ3v) is 3.43. The summed E-state index contributed by atoms with van der Waals surface area (Å²) < 4.78 is 5.67. The summed E-state index contributed by atoms with van der Waals surface area (Å²) in [6.45, 7) is 4.96. The number of rotatable bonds is 8. The Morgan fingerprint density at radius 2 is 2.22 bits per heavy atom. The van der Waals surface area contributed by atoms with Crippen LogP contribution in [0, 0.1) is 5.92 Å². The van der Waals surface area contributed by atoms with Gasteiger partial charge in [-0.25, -0.2) is 4.98 Å². The molecule has 4 heteroatoms. The maximum atomic E-state index is 9.11. The molecular weight excluding hydrogens is 250 g/mol. The van der Waals surface area contributed by atoms with Gasteiger partial charge in [0.25, 0.3) is 0 Å². The first-order chi connectivity index (χ1) is 8.71. The van der Waals surface area contributed by atoms with Gasteiger partial charge < -0.3 is 9.84 Å². The summed E-state index contributed by atoms with van der Waals surface area (Å²) in [5.41, 5.74) is 0.656. The van der Waals surface area contributed by atoms with Crippen molar-refractivity contribution in [3.63, 3.8) is 0 Å². The smallest absolute Gasteiger partial charge is 0.213 e. The van der Waals surface area contributed by atoms with Gasteiger partial charge in [-0.2, -0.15) is 0 Å². The largest absolute Gasteiger partial charge is 0.477 e. The molecule has 0 amide bonds. The summed E-state index contributed by atoms with van der Waals surface area (Å²) in [6.07, 6.45) is 6.27. The average Bonchev–Trinajstić information content (AvgIpc) is 2.40. The molecule has 0 aliphatic heterocycles. The van der Waals surface area contributed by atoms with E-state index in [0.29, 0.717) is 29.0 Å². The van der Waals surface area contributed by atoms with Crippen LogP contribution in [0.1, 0.15) is 45.1 Å². The van der Waals surface area contributed by atoms with Crippen LogP contribution in [0.2, 0.25) is 5.02 Å². The van der Waals surface area contributed by atoms with Crippen LogP contribution in [0.3, 0.4) is 0 Å². The lowest BCUT2D eigenvalue weighted by molar-refractivity contribution is 0.224. The van der Waals surface area contributed by atoms with Crippen molar-refractivity contribution in [2.45, 2.75) is 46.1 Å². The van der Waals surface area contributed by atoms with E-state index in [4.69, 9.17) is 21.4 Å². The van der Waals surface area contributed by atoms with Gasteiger partial charge in [-0.1, -0.05) is 44.7 Å². The topological polar surface area (TPSA) is 42.4 Å². The van der Waals surface area contributed by atoms with E-state index in [1.54, 1.807) is 6.07 Å². The molecule has 0 bridgehead atoms. The van der Waals surface area contributed by atoms with Crippen molar-refractivity contribution in [3.8, 4) is 5.88 Å². The van der Waals surface area contributed by atoms with Crippen LogP contribution in [0.5, 0.6) is 5.88 Å². The highest BCUT2D eigenvalue weighted by Gasteiger charge is 2.08. The van der Waals surface area contributed by atoms with Gasteiger partial charge in [-0.3, -0.25) is 0 Å². The van der Waals surface area contributed by atoms with E-state index in [2.05, 4.69) is 18.8 Å². The number of unbranched alkanes of at least 4 members (excludes halogenated alkanes) is 1. The van der Waals surface area contributed by atoms with Gasteiger partial charge in [0, 0.05) is 17.8 Å². The van der Waals surface area contributed by atoms with Gasteiger partial charge in [0.15, 0.2) is 0 Å². The molecule has 1 N–H and O–H groups in total. The van der Waals surface area contributed by atoms with E-state index < -0.39 is 0 Å². The minimum atomic E-state index is -0.0925. The molecule has 0 aliphatic carbocycles. The first kappa shape index (κ1) is 15.3. The van der Waals surface area contributed by atoms with E-state index >= 15 is 0 Å². The molecule has 0 aliphatic rings. The molecule has 0 saturated heterocycles. The van der Waals surface area contributed by atoms with Crippen molar-refractivity contribution >= 4 is 11.6 Å². The van der Waals surface area contributed by atoms with Gasteiger partial charge in [0.2, 0.25) is 5.88 Å². The SMILES string of the molecule is CCCCC(CC)COc1cc(CO)c(Cl)cn1. The lowest BCUT2D eigenvalue weighted by atomic mass is 10.0. The Hall–Kier alpha value is -0.800. The predicted molar refractivity (Wildman–Crippen MR) is 74.0 cm³/mol. The van der Waals surface area contributed by atoms with E-state index in [-0.39, 0.29) is 6.61 Å². The molecule has 0 radical (unpaired) electrons. The zero-order valence-electron chi connectivity index (χ0n) is 11.2. The zero-order valence-corrected chi connectivity index (χ0v) is 11.9. The van der Waals surface area contributed by atoms with Crippen LogP contribution in [0.4, 0.5) is 0 Å². The number of halogens is 1. The number of ether oxygens (including phenoxy) is 1. The summed E-state index contributed by atoms with van der Waals surface area (Å²) in [6, 6.07) is 1.70. The predicted octanol–water partition coefficient (Wildman–Crippen LogP) is 3.82. The molecular formula is C14H22ClNO2. The third-order valence-electron chi connectivity index (χ3n) is 3.09. The monoisotopic (exact) mass is 271 g/mol. The van der Waals surface area contributed by atoms with Gasteiger partial charge in [0.1, 0.15) is 0 Å². The Bertz CT molecular complexity index is 358. The molecule has 1 unspecified atom stereocenters. The number of aliphatic hydroxyl groups is 1.